The van der Waals surface area contributed by atoms with Gasteiger partial charge in [0.05, 0.1) is 16.4 Å². The van der Waals surface area contributed by atoms with Crippen molar-refractivity contribution in [3.8, 4) is 0 Å². The molecule has 0 radical (unpaired) electrons. The summed E-state index contributed by atoms with van der Waals surface area (Å²) in [7, 11) is 0. The van der Waals surface area contributed by atoms with Crippen molar-refractivity contribution in [2.45, 2.75) is 6.42 Å². The van der Waals surface area contributed by atoms with Crippen LogP contribution in [0.2, 0.25) is 5.02 Å². The van der Waals surface area contributed by atoms with E-state index in [0.29, 0.717) is 12.1 Å². The van der Waals surface area contributed by atoms with Crippen molar-refractivity contribution in [1.29, 1.82) is 5.41 Å². The highest BCUT2D eigenvalue weighted by Gasteiger charge is 2.15. The molecule has 0 spiro atoms. The molecule has 3 nitrogen and oxygen atoms in total. The Bertz CT molecular complexity index is 497. The van der Waals surface area contributed by atoms with Gasteiger partial charge in [-0.15, -0.1) is 0 Å². The van der Waals surface area contributed by atoms with Crippen molar-refractivity contribution < 1.29 is 4.39 Å². The van der Waals surface area contributed by atoms with E-state index >= 15 is 0 Å². The predicted octanol–water partition coefficient (Wildman–Crippen LogP) is 2.35. The molecule has 1 aliphatic heterocycles. The van der Waals surface area contributed by atoms with Crippen LogP contribution in [0, 0.1) is 11.2 Å². The van der Waals surface area contributed by atoms with Gasteiger partial charge in [0.15, 0.2) is 0 Å². The zero-order valence-corrected chi connectivity index (χ0v) is 9.94. The van der Waals surface area contributed by atoms with Crippen LogP contribution >= 0.6 is 11.6 Å². The van der Waals surface area contributed by atoms with E-state index in [1.165, 1.54) is 6.07 Å². The number of nitrogens with two attached hydrogens (primary N) is 1. The van der Waals surface area contributed by atoms with Crippen LogP contribution in [0.5, 0.6) is 0 Å². The van der Waals surface area contributed by atoms with Gasteiger partial charge >= 0.3 is 0 Å². The Morgan fingerprint density at radius 1 is 1.47 bits per heavy atom. The van der Waals surface area contributed by atoms with E-state index in [0.717, 1.165) is 24.6 Å². The normalized spacial score (nSPS) is 15.5. The largest absolute Gasteiger partial charge is 0.397 e. The standard InChI is InChI=1S/C12H13ClFN3/c13-10-5-8(14)4-9(12(10)16)11(15)7-2-1-3-17-6-7/h2,4-5,15,17H,1,3,6,16H2. The fourth-order valence-corrected chi connectivity index (χ4v) is 2.00. The van der Waals surface area contributed by atoms with Gasteiger partial charge in [0.1, 0.15) is 5.82 Å². The molecule has 1 aliphatic rings. The number of nitrogens with one attached hydrogen (secondary N) is 2. The highest BCUT2D eigenvalue weighted by atomic mass is 35.5. The first-order chi connectivity index (χ1) is 8.09. The van der Waals surface area contributed by atoms with Crippen LogP contribution in [-0.4, -0.2) is 18.8 Å². The molecular weight excluding hydrogens is 241 g/mol. The summed E-state index contributed by atoms with van der Waals surface area (Å²) < 4.78 is 13.3. The van der Waals surface area contributed by atoms with E-state index < -0.39 is 5.82 Å². The average Bonchev–Trinajstić information content (AvgIpc) is 2.34. The third-order valence-corrected chi connectivity index (χ3v) is 3.02. The Balaban J connectivity index is 2.40. The van der Waals surface area contributed by atoms with E-state index in [2.05, 4.69) is 5.32 Å². The van der Waals surface area contributed by atoms with Crippen molar-refractivity contribution in [3.63, 3.8) is 0 Å². The minimum Gasteiger partial charge on any atom is -0.397 e. The Hall–Kier alpha value is -1.39. The van der Waals surface area contributed by atoms with E-state index in [9.17, 15) is 4.39 Å². The van der Waals surface area contributed by atoms with Crippen LogP contribution in [0.25, 0.3) is 0 Å². The van der Waals surface area contributed by atoms with Gasteiger partial charge in [-0.1, -0.05) is 17.7 Å². The second-order valence-electron chi connectivity index (χ2n) is 3.92. The summed E-state index contributed by atoms with van der Waals surface area (Å²) in [5, 5.41) is 11.3. The van der Waals surface area contributed by atoms with Crippen LogP contribution in [0.1, 0.15) is 12.0 Å². The molecule has 1 heterocycles. The third kappa shape index (κ3) is 2.48. The summed E-state index contributed by atoms with van der Waals surface area (Å²) in [6.07, 6.45) is 2.83. The molecule has 0 saturated heterocycles. The maximum absolute atomic E-state index is 13.3. The molecule has 0 fully saturated rings. The average molecular weight is 254 g/mol. The minimum atomic E-state index is -0.478. The predicted molar refractivity (Wildman–Crippen MR) is 68.2 cm³/mol. The molecule has 90 valence electrons. The lowest BCUT2D eigenvalue weighted by Gasteiger charge is -2.16. The highest BCUT2D eigenvalue weighted by Crippen LogP contribution is 2.26. The SMILES string of the molecule is N=C(C1=CCCNC1)c1cc(F)cc(Cl)c1N. The van der Waals surface area contributed by atoms with E-state index in [1.807, 2.05) is 6.08 Å². The first-order valence-electron chi connectivity index (χ1n) is 5.33. The molecular formula is C12H13ClFN3. The van der Waals surface area contributed by atoms with Crippen molar-refractivity contribution in [2.75, 3.05) is 18.8 Å². The number of halogens is 2. The lowest BCUT2D eigenvalue weighted by molar-refractivity contribution is 0.628. The molecule has 0 amide bonds. The molecule has 1 aromatic carbocycles. The van der Waals surface area contributed by atoms with Gasteiger partial charge in [0, 0.05) is 12.1 Å². The molecule has 0 aliphatic carbocycles. The lowest BCUT2D eigenvalue weighted by Crippen LogP contribution is -2.26. The fraction of sp³-hybridized carbons (Fsp3) is 0.250. The van der Waals surface area contributed by atoms with Gasteiger partial charge in [-0.3, -0.25) is 5.41 Å². The van der Waals surface area contributed by atoms with Crippen molar-refractivity contribution in [2.24, 2.45) is 0 Å². The minimum absolute atomic E-state index is 0.147. The number of hydrogen-bond acceptors (Lipinski definition) is 3. The molecule has 0 aromatic heterocycles. The van der Waals surface area contributed by atoms with E-state index in [-0.39, 0.29) is 16.4 Å². The van der Waals surface area contributed by atoms with Crippen molar-refractivity contribution in [3.05, 3.63) is 40.2 Å². The fourth-order valence-electron chi connectivity index (χ4n) is 1.80. The molecule has 17 heavy (non-hydrogen) atoms. The van der Waals surface area contributed by atoms with Gasteiger partial charge in [0.25, 0.3) is 0 Å². The molecule has 2 rings (SSSR count). The maximum atomic E-state index is 13.3. The van der Waals surface area contributed by atoms with Gasteiger partial charge in [-0.05, 0) is 30.7 Å². The first kappa shape index (κ1) is 12.1. The number of anilines is 1. The topological polar surface area (TPSA) is 61.9 Å². The first-order valence-corrected chi connectivity index (χ1v) is 5.71. The Kier molecular flexibility index (Phi) is 3.45. The molecule has 0 unspecified atom stereocenters. The van der Waals surface area contributed by atoms with Gasteiger partial charge in [0.2, 0.25) is 0 Å². The molecule has 0 saturated carbocycles. The second-order valence-corrected chi connectivity index (χ2v) is 4.33. The maximum Gasteiger partial charge on any atom is 0.125 e. The molecule has 5 heteroatoms. The summed E-state index contributed by atoms with van der Waals surface area (Å²) in [6.45, 7) is 1.50. The van der Waals surface area contributed by atoms with Gasteiger partial charge in [-0.25, -0.2) is 4.39 Å². The summed E-state index contributed by atoms with van der Waals surface area (Å²) >= 11 is 5.81. The van der Waals surface area contributed by atoms with Crippen LogP contribution in [0.15, 0.2) is 23.8 Å². The third-order valence-electron chi connectivity index (χ3n) is 2.71. The zero-order valence-electron chi connectivity index (χ0n) is 9.19. The summed E-state index contributed by atoms with van der Waals surface area (Å²) in [5.74, 6) is -0.478. The Labute approximate surface area is 104 Å². The molecule has 0 atom stereocenters. The lowest BCUT2D eigenvalue weighted by atomic mass is 9.98. The smallest absolute Gasteiger partial charge is 0.125 e. The van der Waals surface area contributed by atoms with Crippen LogP contribution in [0.3, 0.4) is 0 Å². The Morgan fingerprint density at radius 3 is 2.88 bits per heavy atom. The molecule has 4 N–H and O–H groups in total. The van der Waals surface area contributed by atoms with Gasteiger partial charge < -0.3 is 11.1 Å². The van der Waals surface area contributed by atoms with E-state index in [4.69, 9.17) is 22.7 Å². The summed E-state index contributed by atoms with van der Waals surface area (Å²) in [4.78, 5) is 0. The van der Waals surface area contributed by atoms with Crippen molar-refractivity contribution in [1.82, 2.24) is 5.32 Å². The quantitative estimate of drug-likeness (QED) is 0.560. The number of benzene rings is 1. The number of hydrogen-bond donors (Lipinski definition) is 3. The Morgan fingerprint density at radius 2 is 2.24 bits per heavy atom. The van der Waals surface area contributed by atoms with Crippen LogP contribution < -0.4 is 11.1 Å². The van der Waals surface area contributed by atoms with Crippen LogP contribution in [-0.2, 0) is 0 Å². The van der Waals surface area contributed by atoms with Crippen molar-refractivity contribution >= 4 is 23.0 Å². The second kappa shape index (κ2) is 4.85. The summed E-state index contributed by atoms with van der Waals surface area (Å²) in [6, 6.07) is 2.40. The molecule has 0 bridgehead atoms. The van der Waals surface area contributed by atoms with E-state index in [1.54, 1.807) is 0 Å². The number of rotatable bonds is 2. The molecule has 1 aromatic rings. The van der Waals surface area contributed by atoms with Crippen LogP contribution in [0.4, 0.5) is 10.1 Å². The number of nitrogen functional groups attached to an aromatic ring is 1. The highest BCUT2D eigenvalue weighted by molar-refractivity contribution is 6.34. The zero-order chi connectivity index (χ0) is 12.4. The van der Waals surface area contributed by atoms with Gasteiger partial charge in [-0.2, -0.15) is 0 Å². The monoisotopic (exact) mass is 253 g/mol. The summed E-state index contributed by atoms with van der Waals surface area (Å²) in [5.41, 5.74) is 7.43.